The number of ether oxygens (including phenoxy) is 1. The molecule has 2 atom stereocenters. The van der Waals surface area contributed by atoms with Crippen LogP contribution in [0.1, 0.15) is 25.7 Å². The average molecular weight is 255 g/mol. The fourth-order valence-corrected chi connectivity index (χ4v) is 2.08. The number of rotatable bonds is 3. The Kier molecular flexibility index (Phi) is 3.76. The van der Waals surface area contributed by atoms with Gasteiger partial charge in [0.2, 0.25) is 0 Å². The van der Waals surface area contributed by atoms with Gasteiger partial charge in [0.25, 0.3) is 5.69 Å². The Balaban J connectivity index is 2.11. The van der Waals surface area contributed by atoms with Crippen molar-refractivity contribution in [2.45, 2.75) is 37.9 Å². The van der Waals surface area contributed by atoms with Gasteiger partial charge < -0.3 is 9.84 Å². The van der Waals surface area contributed by atoms with Crippen molar-refractivity contribution in [2.24, 2.45) is 0 Å². The number of nitrogens with zero attached hydrogens (tertiary/aromatic N) is 1. The molecule has 0 bridgehead atoms. The fraction of sp³-hybridized carbons (Fsp3) is 0.500. The van der Waals surface area contributed by atoms with Crippen LogP contribution in [0.3, 0.4) is 0 Å². The summed E-state index contributed by atoms with van der Waals surface area (Å²) in [7, 11) is 0. The van der Waals surface area contributed by atoms with Crippen LogP contribution in [0, 0.1) is 15.9 Å². The van der Waals surface area contributed by atoms with Crippen molar-refractivity contribution in [3.63, 3.8) is 0 Å². The van der Waals surface area contributed by atoms with Crippen LogP contribution < -0.4 is 4.74 Å². The van der Waals surface area contributed by atoms with Crippen molar-refractivity contribution in [1.82, 2.24) is 0 Å². The summed E-state index contributed by atoms with van der Waals surface area (Å²) >= 11 is 0. The Hall–Kier alpha value is -1.69. The first-order valence-corrected chi connectivity index (χ1v) is 5.86. The normalized spacial score (nSPS) is 23.7. The van der Waals surface area contributed by atoms with Crippen molar-refractivity contribution in [3.8, 4) is 5.75 Å². The zero-order valence-corrected chi connectivity index (χ0v) is 9.71. The summed E-state index contributed by atoms with van der Waals surface area (Å²) in [6, 6.07) is 3.24. The highest BCUT2D eigenvalue weighted by Crippen LogP contribution is 2.27. The van der Waals surface area contributed by atoms with E-state index < -0.39 is 22.9 Å². The monoisotopic (exact) mass is 255 g/mol. The molecule has 0 spiro atoms. The van der Waals surface area contributed by atoms with E-state index in [4.69, 9.17) is 4.74 Å². The molecule has 0 heterocycles. The van der Waals surface area contributed by atoms with Crippen molar-refractivity contribution >= 4 is 5.69 Å². The van der Waals surface area contributed by atoms with Gasteiger partial charge in [0.1, 0.15) is 6.10 Å². The number of benzene rings is 1. The molecule has 5 nitrogen and oxygen atoms in total. The maximum Gasteiger partial charge on any atom is 0.272 e. The SMILES string of the molecule is O=[N+]([O-])c1ccc(O[C@H]2CCCC[C@@H]2O)c(F)c1. The molecule has 0 aliphatic heterocycles. The van der Waals surface area contributed by atoms with Gasteiger partial charge in [0.05, 0.1) is 17.1 Å². The Bertz CT molecular complexity index is 452. The Labute approximate surface area is 103 Å². The molecule has 2 rings (SSSR count). The molecule has 1 aromatic carbocycles. The quantitative estimate of drug-likeness (QED) is 0.665. The maximum atomic E-state index is 13.6. The van der Waals surface area contributed by atoms with Gasteiger partial charge >= 0.3 is 0 Å². The van der Waals surface area contributed by atoms with Crippen LogP contribution in [0.2, 0.25) is 0 Å². The molecule has 1 aromatic rings. The molecule has 1 fully saturated rings. The van der Waals surface area contributed by atoms with Crippen LogP contribution in [0.5, 0.6) is 5.75 Å². The van der Waals surface area contributed by atoms with E-state index >= 15 is 0 Å². The second-order valence-corrected chi connectivity index (χ2v) is 4.38. The minimum atomic E-state index is -0.776. The van der Waals surface area contributed by atoms with E-state index in [0.29, 0.717) is 12.8 Å². The van der Waals surface area contributed by atoms with Gasteiger partial charge in [0, 0.05) is 6.07 Å². The van der Waals surface area contributed by atoms with Crippen LogP contribution in [0.4, 0.5) is 10.1 Å². The molecule has 0 amide bonds. The van der Waals surface area contributed by atoms with E-state index in [0.717, 1.165) is 18.9 Å². The maximum absolute atomic E-state index is 13.6. The third kappa shape index (κ3) is 2.76. The number of nitro groups is 1. The number of non-ortho nitro benzene ring substituents is 1. The van der Waals surface area contributed by atoms with Crippen molar-refractivity contribution in [2.75, 3.05) is 0 Å². The van der Waals surface area contributed by atoms with E-state index in [1.165, 1.54) is 12.1 Å². The Morgan fingerprint density at radius 3 is 2.72 bits per heavy atom. The number of hydrogen-bond donors (Lipinski definition) is 1. The Morgan fingerprint density at radius 2 is 2.11 bits per heavy atom. The van der Waals surface area contributed by atoms with Crippen molar-refractivity contribution in [3.05, 3.63) is 34.1 Å². The predicted octanol–water partition coefficient (Wildman–Crippen LogP) is 2.42. The van der Waals surface area contributed by atoms with Gasteiger partial charge in [-0.25, -0.2) is 4.39 Å². The topological polar surface area (TPSA) is 72.6 Å². The van der Waals surface area contributed by atoms with Gasteiger partial charge in [-0.3, -0.25) is 10.1 Å². The number of aliphatic hydroxyl groups is 1. The van der Waals surface area contributed by atoms with Crippen LogP contribution in [0.25, 0.3) is 0 Å². The van der Waals surface area contributed by atoms with Crippen LogP contribution >= 0.6 is 0 Å². The van der Waals surface area contributed by atoms with Gasteiger partial charge in [-0.1, -0.05) is 6.42 Å². The number of aliphatic hydroxyl groups excluding tert-OH is 1. The highest BCUT2D eigenvalue weighted by molar-refractivity contribution is 5.37. The lowest BCUT2D eigenvalue weighted by Crippen LogP contribution is -2.34. The number of nitro benzene ring substituents is 1. The summed E-state index contributed by atoms with van der Waals surface area (Å²) in [6.07, 6.45) is 2.12. The summed E-state index contributed by atoms with van der Waals surface area (Å²) < 4.78 is 19.0. The zero-order chi connectivity index (χ0) is 13.1. The number of hydrogen-bond acceptors (Lipinski definition) is 4. The van der Waals surface area contributed by atoms with Gasteiger partial charge in [-0.2, -0.15) is 0 Å². The molecule has 1 N–H and O–H groups in total. The summed E-state index contributed by atoms with van der Waals surface area (Å²) in [5, 5.41) is 20.2. The summed E-state index contributed by atoms with van der Waals surface area (Å²) in [5.74, 6) is -0.825. The van der Waals surface area contributed by atoms with E-state index in [2.05, 4.69) is 0 Å². The predicted molar refractivity (Wildman–Crippen MR) is 61.9 cm³/mol. The minimum Gasteiger partial charge on any atom is -0.485 e. The second kappa shape index (κ2) is 5.30. The molecular weight excluding hydrogens is 241 g/mol. The van der Waals surface area contributed by atoms with Crippen molar-refractivity contribution in [1.29, 1.82) is 0 Å². The second-order valence-electron chi connectivity index (χ2n) is 4.38. The first kappa shape index (κ1) is 12.8. The fourth-order valence-electron chi connectivity index (χ4n) is 2.08. The first-order valence-electron chi connectivity index (χ1n) is 5.86. The molecule has 1 aliphatic carbocycles. The molecule has 0 aromatic heterocycles. The molecule has 98 valence electrons. The summed E-state index contributed by atoms with van der Waals surface area (Å²) in [5.41, 5.74) is -0.316. The van der Waals surface area contributed by atoms with Gasteiger partial charge in [0.15, 0.2) is 11.6 Å². The molecule has 6 heteroatoms. The van der Waals surface area contributed by atoms with Crippen LogP contribution in [-0.2, 0) is 0 Å². The molecule has 1 aliphatic rings. The third-order valence-corrected chi connectivity index (χ3v) is 3.07. The van der Waals surface area contributed by atoms with Crippen LogP contribution in [-0.4, -0.2) is 22.2 Å². The van der Waals surface area contributed by atoms with E-state index in [1.54, 1.807) is 0 Å². The Morgan fingerprint density at radius 1 is 1.39 bits per heavy atom. The van der Waals surface area contributed by atoms with Gasteiger partial charge in [-0.15, -0.1) is 0 Å². The number of halogens is 1. The van der Waals surface area contributed by atoms with E-state index in [1.807, 2.05) is 0 Å². The lowest BCUT2D eigenvalue weighted by molar-refractivity contribution is -0.385. The summed E-state index contributed by atoms with van der Waals surface area (Å²) in [4.78, 5) is 9.80. The third-order valence-electron chi connectivity index (χ3n) is 3.07. The lowest BCUT2D eigenvalue weighted by Gasteiger charge is -2.28. The molecule has 18 heavy (non-hydrogen) atoms. The standard InChI is InChI=1S/C12H14FNO4/c13-9-7-8(14(16)17)5-6-11(9)18-12-4-2-1-3-10(12)15/h5-7,10,12,15H,1-4H2/t10-,12-/m0/s1. The zero-order valence-electron chi connectivity index (χ0n) is 9.71. The first-order chi connectivity index (χ1) is 8.58. The molecule has 0 unspecified atom stereocenters. The highest BCUT2D eigenvalue weighted by Gasteiger charge is 2.26. The minimum absolute atomic E-state index is 0.0495. The average Bonchev–Trinajstić information content (AvgIpc) is 2.34. The van der Waals surface area contributed by atoms with E-state index in [9.17, 15) is 19.6 Å². The lowest BCUT2D eigenvalue weighted by atomic mass is 9.95. The largest absolute Gasteiger partial charge is 0.485 e. The van der Waals surface area contributed by atoms with Gasteiger partial charge in [-0.05, 0) is 25.3 Å². The van der Waals surface area contributed by atoms with E-state index in [-0.39, 0.29) is 11.4 Å². The van der Waals surface area contributed by atoms with Crippen LogP contribution in [0.15, 0.2) is 18.2 Å². The van der Waals surface area contributed by atoms with Crippen molar-refractivity contribution < 1.29 is 19.2 Å². The smallest absolute Gasteiger partial charge is 0.272 e. The molecule has 0 radical (unpaired) electrons. The molecule has 0 saturated heterocycles. The molecule has 1 saturated carbocycles. The summed E-state index contributed by atoms with van der Waals surface area (Å²) in [6.45, 7) is 0. The molecular formula is C12H14FNO4. The highest BCUT2D eigenvalue weighted by atomic mass is 19.1.